The molecule has 0 radical (unpaired) electrons. The molecular formula is C13H24O5. The van der Waals surface area contributed by atoms with Crippen molar-refractivity contribution in [3.05, 3.63) is 0 Å². The Morgan fingerprint density at radius 1 is 1.06 bits per heavy atom. The molecule has 0 heterocycles. The quantitative estimate of drug-likeness (QED) is 0.439. The van der Waals surface area contributed by atoms with E-state index in [1.165, 1.54) is 0 Å². The van der Waals surface area contributed by atoms with Crippen molar-refractivity contribution in [3.63, 3.8) is 0 Å². The summed E-state index contributed by atoms with van der Waals surface area (Å²) in [5.74, 6) is -1.30. The van der Waals surface area contributed by atoms with Crippen LogP contribution in [-0.4, -0.2) is 34.9 Å². The number of carbonyl (C=O) groups is 2. The van der Waals surface area contributed by atoms with Gasteiger partial charge in [-0.1, -0.05) is 39.0 Å². The van der Waals surface area contributed by atoms with Crippen LogP contribution in [0.15, 0.2) is 0 Å². The molecule has 5 heteroatoms. The van der Waals surface area contributed by atoms with Crippen LogP contribution in [0.3, 0.4) is 0 Å². The number of aliphatic hydroxyl groups is 1. The van der Waals surface area contributed by atoms with Gasteiger partial charge in [0.25, 0.3) is 0 Å². The molecule has 0 saturated heterocycles. The zero-order valence-electron chi connectivity index (χ0n) is 11.1. The number of carboxylic acids is 1. The van der Waals surface area contributed by atoms with Gasteiger partial charge in [0.15, 0.2) is 6.10 Å². The lowest BCUT2D eigenvalue weighted by atomic mass is 10.1. The molecule has 0 spiro atoms. The maximum atomic E-state index is 10.8. The largest absolute Gasteiger partial charge is 0.479 e. The van der Waals surface area contributed by atoms with Crippen LogP contribution in [0.1, 0.15) is 58.3 Å². The van der Waals surface area contributed by atoms with E-state index in [0.717, 1.165) is 38.5 Å². The highest BCUT2D eigenvalue weighted by atomic mass is 16.5. The minimum Gasteiger partial charge on any atom is -0.479 e. The predicted molar refractivity (Wildman–Crippen MR) is 67.2 cm³/mol. The van der Waals surface area contributed by atoms with Gasteiger partial charge < -0.3 is 14.9 Å². The molecule has 0 aromatic heterocycles. The highest BCUT2D eigenvalue weighted by Gasteiger charge is 2.11. The third-order valence-electron chi connectivity index (χ3n) is 2.71. The molecule has 5 nitrogen and oxygen atoms in total. The van der Waals surface area contributed by atoms with Crippen molar-refractivity contribution >= 4 is 11.9 Å². The fourth-order valence-corrected chi connectivity index (χ4v) is 1.56. The van der Waals surface area contributed by atoms with Crippen molar-refractivity contribution in [3.8, 4) is 0 Å². The van der Waals surface area contributed by atoms with E-state index in [2.05, 4.69) is 0 Å². The van der Waals surface area contributed by atoms with Crippen molar-refractivity contribution in [1.29, 1.82) is 0 Å². The summed E-state index contributed by atoms with van der Waals surface area (Å²) < 4.78 is 4.94. The molecule has 0 bridgehead atoms. The number of aliphatic hydroxyl groups excluding tert-OH is 1. The Bertz CT molecular complexity index is 240. The Kier molecular flexibility index (Phi) is 10.3. The van der Waals surface area contributed by atoms with Gasteiger partial charge in [0.1, 0.15) is 0 Å². The molecule has 106 valence electrons. The summed E-state index contributed by atoms with van der Waals surface area (Å²) in [5.41, 5.74) is 0. The van der Waals surface area contributed by atoms with Gasteiger partial charge in [0.05, 0.1) is 6.61 Å². The van der Waals surface area contributed by atoms with Crippen molar-refractivity contribution in [2.45, 2.75) is 64.4 Å². The molecule has 1 atom stereocenters. The highest BCUT2D eigenvalue weighted by molar-refractivity contribution is 5.71. The maximum absolute atomic E-state index is 10.8. The van der Waals surface area contributed by atoms with E-state index in [1.807, 2.05) is 0 Å². The summed E-state index contributed by atoms with van der Waals surface area (Å²) in [6, 6.07) is 0. The molecule has 18 heavy (non-hydrogen) atoms. The van der Waals surface area contributed by atoms with Crippen LogP contribution in [-0.2, 0) is 14.3 Å². The predicted octanol–water partition coefficient (Wildman–Crippen LogP) is 2.12. The number of unbranched alkanes of at least 4 members (excludes halogenated alkanes) is 5. The van der Waals surface area contributed by atoms with Gasteiger partial charge in [-0.15, -0.1) is 0 Å². The van der Waals surface area contributed by atoms with Gasteiger partial charge in [-0.3, -0.25) is 4.79 Å². The Morgan fingerprint density at radius 2 is 1.61 bits per heavy atom. The lowest BCUT2D eigenvalue weighted by molar-refractivity contribution is -0.147. The first-order chi connectivity index (χ1) is 8.57. The molecule has 0 aliphatic rings. The number of carbonyl (C=O) groups excluding carboxylic acids is 1. The zero-order chi connectivity index (χ0) is 13.8. The maximum Gasteiger partial charge on any atom is 0.332 e. The zero-order valence-corrected chi connectivity index (χ0v) is 11.1. The highest BCUT2D eigenvalue weighted by Crippen LogP contribution is 2.09. The number of hydrogen-bond acceptors (Lipinski definition) is 4. The second-order valence-corrected chi connectivity index (χ2v) is 4.34. The van der Waals surface area contributed by atoms with E-state index < -0.39 is 12.1 Å². The first-order valence-electron chi connectivity index (χ1n) is 6.64. The molecule has 0 fully saturated rings. The molecule has 0 saturated carbocycles. The molecule has 2 N–H and O–H groups in total. The van der Waals surface area contributed by atoms with E-state index in [0.29, 0.717) is 19.4 Å². The van der Waals surface area contributed by atoms with Crippen LogP contribution in [0.25, 0.3) is 0 Å². The summed E-state index contributed by atoms with van der Waals surface area (Å²) in [7, 11) is 0. The summed E-state index contributed by atoms with van der Waals surface area (Å²) in [6.45, 7) is 2.26. The van der Waals surface area contributed by atoms with E-state index in [1.54, 1.807) is 6.92 Å². The van der Waals surface area contributed by atoms with Crippen LogP contribution in [0.5, 0.6) is 0 Å². The monoisotopic (exact) mass is 260 g/mol. The topological polar surface area (TPSA) is 83.8 Å². The summed E-state index contributed by atoms with van der Waals surface area (Å²) >= 11 is 0. The van der Waals surface area contributed by atoms with Gasteiger partial charge in [0, 0.05) is 6.42 Å². The number of hydrogen-bond donors (Lipinski definition) is 2. The third-order valence-corrected chi connectivity index (χ3v) is 2.71. The lowest BCUT2D eigenvalue weighted by Gasteiger charge is -2.05. The smallest absolute Gasteiger partial charge is 0.332 e. The molecular weight excluding hydrogens is 236 g/mol. The van der Waals surface area contributed by atoms with Crippen LogP contribution in [0.2, 0.25) is 0 Å². The van der Waals surface area contributed by atoms with Crippen molar-refractivity contribution in [2.75, 3.05) is 6.61 Å². The molecule has 0 aliphatic heterocycles. The van der Waals surface area contributed by atoms with Gasteiger partial charge in [0.2, 0.25) is 0 Å². The Morgan fingerprint density at radius 3 is 2.17 bits per heavy atom. The van der Waals surface area contributed by atoms with E-state index in [-0.39, 0.29) is 5.97 Å². The number of rotatable bonds is 11. The summed E-state index contributed by atoms with van der Waals surface area (Å²) in [5, 5.41) is 17.5. The van der Waals surface area contributed by atoms with Crippen LogP contribution in [0.4, 0.5) is 0 Å². The second kappa shape index (κ2) is 11.0. The minimum atomic E-state index is -1.22. The van der Waals surface area contributed by atoms with E-state index >= 15 is 0 Å². The average Bonchev–Trinajstić information content (AvgIpc) is 2.35. The molecule has 0 amide bonds. The summed E-state index contributed by atoms with van der Waals surface area (Å²) in [6.07, 6.45) is 5.15. The fraction of sp³-hybridized carbons (Fsp3) is 0.846. The minimum absolute atomic E-state index is 0.155. The van der Waals surface area contributed by atoms with Crippen LogP contribution >= 0.6 is 0 Å². The fourth-order valence-electron chi connectivity index (χ4n) is 1.56. The van der Waals surface area contributed by atoms with Crippen molar-refractivity contribution in [1.82, 2.24) is 0 Å². The first-order valence-corrected chi connectivity index (χ1v) is 6.64. The average molecular weight is 260 g/mol. The molecule has 0 rings (SSSR count). The first kappa shape index (κ1) is 16.9. The van der Waals surface area contributed by atoms with Crippen LogP contribution < -0.4 is 0 Å². The number of esters is 1. The molecule has 0 aromatic rings. The molecule has 1 unspecified atom stereocenters. The van der Waals surface area contributed by atoms with Gasteiger partial charge >= 0.3 is 11.9 Å². The third kappa shape index (κ3) is 10.1. The number of aliphatic carboxylic acids is 1. The summed E-state index contributed by atoms with van der Waals surface area (Å²) in [4.78, 5) is 21.1. The van der Waals surface area contributed by atoms with Gasteiger partial charge in [-0.2, -0.15) is 0 Å². The van der Waals surface area contributed by atoms with E-state index in [9.17, 15) is 9.59 Å². The number of ether oxygens (including phenoxy) is 1. The molecule has 0 aromatic carbocycles. The Labute approximate surface area is 108 Å². The number of carboxylic acid groups (broad SMARTS) is 1. The standard InChI is InChI=1S/C13H24O5/c1-2-12(15)18-10-8-6-4-3-5-7-9-11(14)13(16)17/h11,14H,2-10H2,1H3,(H,16,17). The van der Waals surface area contributed by atoms with Crippen molar-refractivity contribution < 1.29 is 24.5 Å². The SMILES string of the molecule is CCC(=O)OCCCCCCCCC(O)C(=O)O. The van der Waals surface area contributed by atoms with Crippen molar-refractivity contribution in [2.24, 2.45) is 0 Å². The van der Waals surface area contributed by atoms with E-state index in [4.69, 9.17) is 14.9 Å². The van der Waals surface area contributed by atoms with Gasteiger partial charge in [-0.25, -0.2) is 4.79 Å². The Hall–Kier alpha value is -1.10. The normalized spacial score (nSPS) is 12.1. The Balaban J connectivity index is 3.17. The lowest BCUT2D eigenvalue weighted by Crippen LogP contribution is -2.18. The molecule has 0 aliphatic carbocycles. The second-order valence-electron chi connectivity index (χ2n) is 4.34. The van der Waals surface area contributed by atoms with Gasteiger partial charge in [-0.05, 0) is 12.8 Å². The van der Waals surface area contributed by atoms with Crippen LogP contribution in [0, 0.1) is 0 Å².